The Morgan fingerprint density at radius 2 is 1.81 bits per heavy atom. The molecule has 0 bridgehead atoms. The van der Waals surface area contributed by atoms with Crippen molar-refractivity contribution in [3.63, 3.8) is 0 Å². The monoisotopic (exact) mass is 366 g/mol. The normalized spacial score (nSPS) is 20.9. The third kappa shape index (κ3) is 3.98. The van der Waals surface area contributed by atoms with Gasteiger partial charge in [-0.3, -0.25) is 15.1 Å². The van der Waals surface area contributed by atoms with Crippen LogP contribution in [0.2, 0.25) is 0 Å². The predicted octanol–water partition coefficient (Wildman–Crippen LogP) is 1.42. The van der Waals surface area contributed by atoms with Crippen molar-refractivity contribution >= 4 is 11.6 Å². The molecular weight excluding hydrogens is 340 g/mol. The van der Waals surface area contributed by atoms with Crippen molar-refractivity contribution in [1.82, 2.24) is 10.3 Å². The Hall–Kier alpha value is -2.41. The van der Waals surface area contributed by atoms with Gasteiger partial charge in [0.05, 0.1) is 19.3 Å². The fourth-order valence-corrected chi connectivity index (χ4v) is 3.93. The van der Waals surface area contributed by atoms with Crippen LogP contribution in [-0.2, 0) is 11.2 Å². The second-order valence-corrected chi connectivity index (χ2v) is 7.24. The van der Waals surface area contributed by atoms with E-state index in [0.29, 0.717) is 17.6 Å². The molecule has 27 heavy (non-hydrogen) atoms. The van der Waals surface area contributed by atoms with Crippen LogP contribution in [0, 0.1) is 0 Å². The molecule has 2 heterocycles. The second-order valence-electron chi connectivity index (χ2n) is 7.24. The molecule has 0 radical (unpaired) electrons. The largest absolute Gasteiger partial charge is 0.378 e. The average molecular weight is 366 g/mol. The number of hydrazine groups is 1. The molecule has 2 saturated heterocycles. The molecule has 3 N–H and O–H groups in total. The summed E-state index contributed by atoms with van der Waals surface area (Å²) >= 11 is 0. The third-order valence-electron chi connectivity index (χ3n) is 5.56. The molecule has 142 valence electrons. The number of carbonyl (C=O) groups is 1. The summed E-state index contributed by atoms with van der Waals surface area (Å²) in [7, 11) is 0. The molecular formula is C21H26N4O2. The van der Waals surface area contributed by atoms with E-state index in [4.69, 9.17) is 10.6 Å². The number of anilines is 1. The molecule has 1 atom stereocenters. The molecule has 0 spiro atoms. The first-order valence-electron chi connectivity index (χ1n) is 9.48. The Kier molecular flexibility index (Phi) is 5.38. The lowest BCUT2D eigenvalue weighted by molar-refractivity contribution is -0.0697. The second kappa shape index (κ2) is 8.08. The maximum atomic E-state index is 11.6. The Balaban J connectivity index is 1.52. The van der Waals surface area contributed by atoms with E-state index in [1.807, 2.05) is 24.3 Å². The quantitative estimate of drug-likeness (QED) is 0.476. The number of ether oxygens (including phenoxy) is 1. The first-order chi connectivity index (χ1) is 13.2. The zero-order valence-electron chi connectivity index (χ0n) is 15.4. The Morgan fingerprint density at radius 3 is 2.44 bits per heavy atom. The number of carbonyl (C=O) groups excluding carboxylic acids is 1. The number of piperazine rings is 1. The first kappa shape index (κ1) is 18.0. The Morgan fingerprint density at radius 1 is 1.07 bits per heavy atom. The zero-order valence-corrected chi connectivity index (χ0v) is 15.4. The third-order valence-corrected chi connectivity index (χ3v) is 5.56. The van der Waals surface area contributed by atoms with Crippen LogP contribution in [0.15, 0.2) is 54.6 Å². The van der Waals surface area contributed by atoms with Crippen molar-refractivity contribution in [2.24, 2.45) is 5.84 Å². The number of rotatable bonds is 5. The minimum atomic E-state index is -0.263. The van der Waals surface area contributed by atoms with Crippen LogP contribution in [0.1, 0.15) is 15.9 Å². The topological polar surface area (TPSA) is 70.8 Å². The molecule has 6 heteroatoms. The Labute approximate surface area is 159 Å². The van der Waals surface area contributed by atoms with E-state index in [1.54, 1.807) is 0 Å². The summed E-state index contributed by atoms with van der Waals surface area (Å²) in [6.45, 7) is 4.80. The van der Waals surface area contributed by atoms with E-state index < -0.39 is 0 Å². The standard InChI is InChI=1S/C21H26N4O2/c22-23-21(26)17-8-6-16(7-9-17)12-19-13-24(20-14-27-15-20)10-11-25(19)18-4-2-1-3-5-18/h1-9,19-20H,10-15,22H2,(H,23,26). The molecule has 0 saturated carbocycles. The van der Waals surface area contributed by atoms with Gasteiger partial charge in [0.1, 0.15) is 0 Å². The summed E-state index contributed by atoms with van der Waals surface area (Å²) in [6.07, 6.45) is 0.934. The molecule has 2 aliphatic rings. The number of benzene rings is 2. The van der Waals surface area contributed by atoms with Gasteiger partial charge < -0.3 is 9.64 Å². The molecule has 2 fully saturated rings. The summed E-state index contributed by atoms with van der Waals surface area (Å²) in [5, 5.41) is 0. The summed E-state index contributed by atoms with van der Waals surface area (Å²) < 4.78 is 5.40. The van der Waals surface area contributed by atoms with E-state index in [9.17, 15) is 4.79 Å². The van der Waals surface area contributed by atoms with Crippen molar-refractivity contribution in [1.29, 1.82) is 0 Å². The van der Waals surface area contributed by atoms with Gasteiger partial charge in [0.15, 0.2) is 0 Å². The SMILES string of the molecule is NNC(=O)c1ccc(CC2CN(C3COC3)CCN2c2ccccc2)cc1. The van der Waals surface area contributed by atoms with E-state index in [2.05, 4.69) is 45.6 Å². The minimum Gasteiger partial charge on any atom is -0.378 e. The van der Waals surface area contributed by atoms with Gasteiger partial charge in [0, 0.05) is 36.9 Å². The minimum absolute atomic E-state index is 0.263. The van der Waals surface area contributed by atoms with Crippen molar-refractivity contribution in [2.45, 2.75) is 18.5 Å². The molecule has 0 aromatic heterocycles. The lowest BCUT2D eigenvalue weighted by atomic mass is 9.99. The van der Waals surface area contributed by atoms with Crippen LogP contribution in [-0.4, -0.2) is 55.7 Å². The van der Waals surface area contributed by atoms with Crippen LogP contribution < -0.4 is 16.2 Å². The van der Waals surface area contributed by atoms with Gasteiger partial charge >= 0.3 is 0 Å². The summed E-state index contributed by atoms with van der Waals surface area (Å²) in [6, 6.07) is 19.3. The highest BCUT2D eigenvalue weighted by molar-refractivity contribution is 5.93. The predicted molar refractivity (Wildman–Crippen MR) is 106 cm³/mol. The zero-order chi connectivity index (χ0) is 18.6. The number of amides is 1. The van der Waals surface area contributed by atoms with Gasteiger partial charge in [0.2, 0.25) is 0 Å². The number of para-hydroxylation sites is 1. The highest BCUT2D eigenvalue weighted by Gasteiger charge is 2.34. The highest BCUT2D eigenvalue weighted by Crippen LogP contribution is 2.25. The lowest BCUT2D eigenvalue weighted by Crippen LogP contribution is -2.60. The van der Waals surface area contributed by atoms with Gasteiger partial charge in [-0.25, -0.2) is 5.84 Å². The van der Waals surface area contributed by atoms with Crippen molar-refractivity contribution < 1.29 is 9.53 Å². The summed E-state index contributed by atoms with van der Waals surface area (Å²) in [4.78, 5) is 16.7. The van der Waals surface area contributed by atoms with Crippen LogP contribution in [0.4, 0.5) is 5.69 Å². The molecule has 2 aromatic rings. The smallest absolute Gasteiger partial charge is 0.265 e. The maximum Gasteiger partial charge on any atom is 0.265 e. The fourth-order valence-electron chi connectivity index (χ4n) is 3.93. The van der Waals surface area contributed by atoms with E-state index in [1.165, 1.54) is 11.3 Å². The number of nitrogens with one attached hydrogen (secondary N) is 1. The summed E-state index contributed by atoms with van der Waals surface area (Å²) in [5.41, 5.74) is 5.25. The number of nitrogens with zero attached hydrogens (tertiary/aromatic N) is 2. The van der Waals surface area contributed by atoms with E-state index in [-0.39, 0.29) is 5.91 Å². The van der Waals surface area contributed by atoms with Gasteiger partial charge in [0.25, 0.3) is 5.91 Å². The molecule has 1 unspecified atom stereocenters. The molecule has 2 aliphatic heterocycles. The van der Waals surface area contributed by atoms with Crippen molar-refractivity contribution in [3.05, 3.63) is 65.7 Å². The van der Waals surface area contributed by atoms with Gasteiger partial charge in [-0.05, 0) is 36.2 Å². The van der Waals surface area contributed by atoms with Crippen LogP contribution >= 0.6 is 0 Å². The number of nitrogen functional groups attached to an aromatic ring is 1. The van der Waals surface area contributed by atoms with Crippen molar-refractivity contribution in [3.8, 4) is 0 Å². The molecule has 1 amide bonds. The number of nitrogens with two attached hydrogens (primary N) is 1. The Bertz CT molecular complexity index is 762. The number of hydrogen-bond donors (Lipinski definition) is 2. The summed E-state index contributed by atoms with van der Waals surface area (Å²) in [5.74, 6) is 4.95. The highest BCUT2D eigenvalue weighted by atomic mass is 16.5. The first-order valence-corrected chi connectivity index (χ1v) is 9.48. The lowest BCUT2D eigenvalue weighted by Gasteiger charge is -2.47. The van der Waals surface area contributed by atoms with Gasteiger partial charge in [-0.2, -0.15) is 0 Å². The van der Waals surface area contributed by atoms with Gasteiger partial charge in [-0.1, -0.05) is 30.3 Å². The maximum absolute atomic E-state index is 11.6. The van der Waals surface area contributed by atoms with E-state index >= 15 is 0 Å². The van der Waals surface area contributed by atoms with Crippen LogP contribution in [0.3, 0.4) is 0 Å². The molecule has 6 nitrogen and oxygen atoms in total. The van der Waals surface area contributed by atoms with Gasteiger partial charge in [-0.15, -0.1) is 0 Å². The van der Waals surface area contributed by atoms with E-state index in [0.717, 1.165) is 39.3 Å². The number of hydrogen-bond acceptors (Lipinski definition) is 5. The van der Waals surface area contributed by atoms with Crippen LogP contribution in [0.5, 0.6) is 0 Å². The fraction of sp³-hybridized carbons (Fsp3) is 0.381. The van der Waals surface area contributed by atoms with Crippen molar-refractivity contribution in [2.75, 3.05) is 37.7 Å². The molecule has 0 aliphatic carbocycles. The molecule has 2 aromatic carbocycles. The van der Waals surface area contributed by atoms with Crippen LogP contribution in [0.25, 0.3) is 0 Å². The molecule has 4 rings (SSSR count). The average Bonchev–Trinajstić information content (AvgIpc) is 2.67.